The zero-order valence-corrected chi connectivity index (χ0v) is 13.8. The normalized spacial score (nSPS) is 22.0. The summed E-state index contributed by atoms with van der Waals surface area (Å²) in [6, 6.07) is 15.4. The lowest BCUT2D eigenvalue weighted by Crippen LogP contribution is -2.58. The lowest BCUT2D eigenvalue weighted by atomic mass is 9.92. The molecule has 2 atom stereocenters. The van der Waals surface area contributed by atoms with E-state index < -0.39 is 0 Å². The van der Waals surface area contributed by atoms with E-state index in [0.717, 1.165) is 30.6 Å². The molecule has 4 rings (SSSR count). The summed E-state index contributed by atoms with van der Waals surface area (Å²) in [5.41, 5.74) is 3.06. The van der Waals surface area contributed by atoms with E-state index in [1.165, 1.54) is 17.7 Å². The van der Waals surface area contributed by atoms with E-state index in [4.69, 9.17) is 0 Å². The summed E-state index contributed by atoms with van der Waals surface area (Å²) >= 11 is 0. The molecule has 2 aromatic carbocycles. The standard InChI is InChI=1S/C20H21FN2O/c1-14(15-5-3-2-4-6-15)22-12-18-10-8-16-7-9-17(21)11-19(16)23(18)20(24)13-22/h2-7,9,11,14,18H,8,10,12-13H2,1H3. The lowest BCUT2D eigenvalue weighted by Gasteiger charge is -2.46. The number of hydrogen-bond donors (Lipinski definition) is 0. The molecule has 4 heteroatoms. The van der Waals surface area contributed by atoms with Crippen LogP contribution in [0.4, 0.5) is 10.1 Å². The van der Waals surface area contributed by atoms with Gasteiger partial charge in [0.15, 0.2) is 0 Å². The minimum Gasteiger partial charge on any atom is -0.307 e. The maximum atomic E-state index is 13.7. The zero-order valence-electron chi connectivity index (χ0n) is 13.8. The Morgan fingerprint density at radius 3 is 2.75 bits per heavy atom. The first kappa shape index (κ1) is 15.3. The second-order valence-corrected chi connectivity index (χ2v) is 6.75. The number of carbonyl (C=O) groups excluding carboxylic acids is 1. The molecule has 24 heavy (non-hydrogen) atoms. The van der Waals surface area contributed by atoms with E-state index in [1.54, 1.807) is 0 Å². The minimum atomic E-state index is -0.276. The van der Waals surface area contributed by atoms with Crippen molar-refractivity contribution in [3.05, 3.63) is 65.5 Å². The highest BCUT2D eigenvalue weighted by Gasteiger charge is 2.38. The van der Waals surface area contributed by atoms with Crippen LogP contribution in [-0.2, 0) is 11.2 Å². The quantitative estimate of drug-likeness (QED) is 0.843. The Morgan fingerprint density at radius 1 is 1.17 bits per heavy atom. The molecule has 0 bridgehead atoms. The van der Waals surface area contributed by atoms with E-state index >= 15 is 0 Å². The molecular weight excluding hydrogens is 303 g/mol. The molecule has 2 heterocycles. The van der Waals surface area contributed by atoms with Gasteiger partial charge < -0.3 is 4.90 Å². The molecule has 1 saturated heterocycles. The fourth-order valence-electron chi connectivity index (χ4n) is 3.95. The molecule has 0 radical (unpaired) electrons. The average molecular weight is 324 g/mol. The largest absolute Gasteiger partial charge is 0.307 e. The van der Waals surface area contributed by atoms with Gasteiger partial charge in [-0.25, -0.2) is 4.39 Å². The van der Waals surface area contributed by atoms with Crippen molar-refractivity contribution in [1.29, 1.82) is 0 Å². The number of carbonyl (C=O) groups is 1. The average Bonchev–Trinajstić information content (AvgIpc) is 2.61. The third kappa shape index (κ3) is 2.61. The number of nitrogens with zero attached hydrogens (tertiary/aromatic N) is 2. The van der Waals surface area contributed by atoms with Gasteiger partial charge in [-0.3, -0.25) is 9.69 Å². The smallest absolute Gasteiger partial charge is 0.241 e. The van der Waals surface area contributed by atoms with Gasteiger partial charge in [0.25, 0.3) is 0 Å². The lowest BCUT2D eigenvalue weighted by molar-refractivity contribution is -0.123. The van der Waals surface area contributed by atoms with Gasteiger partial charge >= 0.3 is 0 Å². The highest BCUT2D eigenvalue weighted by Crippen LogP contribution is 2.35. The third-order valence-electron chi connectivity index (χ3n) is 5.30. The first-order valence-corrected chi connectivity index (χ1v) is 8.53. The number of fused-ring (bicyclic) bond motifs is 3. The Bertz CT molecular complexity index is 761. The Balaban J connectivity index is 1.60. The Kier molecular flexibility index (Phi) is 3.85. The van der Waals surface area contributed by atoms with Crippen LogP contribution < -0.4 is 4.90 Å². The molecule has 1 amide bonds. The van der Waals surface area contributed by atoms with Crippen LogP contribution >= 0.6 is 0 Å². The van der Waals surface area contributed by atoms with Gasteiger partial charge in [-0.1, -0.05) is 36.4 Å². The van der Waals surface area contributed by atoms with Crippen LogP contribution in [0.15, 0.2) is 48.5 Å². The summed E-state index contributed by atoms with van der Waals surface area (Å²) in [6.07, 6.45) is 1.83. The highest BCUT2D eigenvalue weighted by atomic mass is 19.1. The molecule has 0 saturated carbocycles. The van der Waals surface area contributed by atoms with Gasteiger partial charge in [-0.05, 0) is 43.0 Å². The van der Waals surface area contributed by atoms with E-state index in [2.05, 4.69) is 24.0 Å². The van der Waals surface area contributed by atoms with Crippen molar-refractivity contribution < 1.29 is 9.18 Å². The number of piperazine rings is 1. The van der Waals surface area contributed by atoms with Crippen LogP contribution in [0.25, 0.3) is 0 Å². The molecule has 124 valence electrons. The number of halogens is 1. The van der Waals surface area contributed by atoms with Gasteiger partial charge in [0, 0.05) is 12.6 Å². The van der Waals surface area contributed by atoms with E-state index in [1.807, 2.05) is 29.2 Å². The van der Waals surface area contributed by atoms with Crippen molar-refractivity contribution in [3.8, 4) is 0 Å². The summed E-state index contributed by atoms with van der Waals surface area (Å²) in [6.45, 7) is 3.36. The van der Waals surface area contributed by atoms with Gasteiger partial charge in [0.05, 0.1) is 18.3 Å². The van der Waals surface area contributed by atoms with Crippen molar-refractivity contribution in [2.45, 2.75) is 31.8 Å². The second kappa shape index (κ2) is 6.02. The van der Waals surface area contributed by atoms with E-state index in [-0.39, 0.29) is 23.8 Å². The number of anilines is 1. The maximum absolute atomic E-state index is 13.7. The predicted octanol–water partition coefficient (Wildman–Crippen LogP) is 3.55. The van der Waals surface area contributed by atoms with Crippen molar-refractivity contribution in [3.63, 3.8) is 0 Å². The first-order chi connectivity index (χ1) is 11.6. The molecule has 2 aliphatic heterocycles. The van der Waals surface area contributed by atoms with Gasteiger partial charge in [0.2, 0.25) is 5.91 Å². The number of hydrogen-bond acceptors (Lipinski definition) is 2. The van der Waals surface area contributed by atoms with Gasteiger partial charge in [-0.2, -0.15) is 0 Å². The molecule has 1 fully saturated rings. The number of aryl methyl sites for hydroxylation is 1. The van der Waals surface area contributed by atoms with Crippen molar-refractivity contribution in [2.75, 3.05) is 18.0 Å². The van der Waals surface area contributed by atoms with Gasteiger partial charge in [-0.15, -0.1) is 0 Å². The van der Waals surface area contributed by atoms with Crippen molar-refractivity contribution in [2.24, 2.45) is 0 Å². The number of benzene rings is 2. The Hall–Kier alpha value is -2.20. The maximum Gasteiger partial charge on any atom is 0.241 e. The monoisotopic (exact) mass is 324 g/mol. The molecule has 0 spiro atoms. The predicted molar refractivity (Wildman–Crippen MR) is 92.4 cm³/mol. The van der Waals surface area contributed by atoms with Crippen LogP contribution in [0.1, 0.15) is 30.5 Å². The molecule has 2 aliphatic rings. The topological polar surface area (TPSA) is 23.6 Å². The van der Waals surface area contributed by atoms with Crippen LogP contribution in [0.3, 0.4) is 0 Å². The molecule has 0 aromatic heterocycles. The first-order valence-electron chi connectivity index (χ1n) is 8.53. The molecule has 0 aliphatic carbocycles. The summed E-state index contributed by atoms with van der Waals surface area (Å²) in [5.74, 6) is -0.206. The number of amides is 1. The van der Waals surface area contributed by atoms with Crippen LogP contribution in [0.2, 0.25) is 0 Å². The van der Waals surface area contributed by atoms with E-state index in [9.17, 15) is 9.18 Å². The Labute approximate surface area is 141 Å². The summed E-state index contributed by atoms with van der Waals surface area (Å²) in [7, 11) is 0. The van der Waals surface area contributed by atoms with Crippen molar-refractivity contribution in [1.82, 2.24) is 4.90 Å². The molecule has 2 aromatic rings. The SMILES string of the molecule is CC(c1ccccc1)N1CC(=O)N2c3cc(F)ccc3CCC2C1. The molecular formula is C20H21FN2O. The summed E-state index contributed by atoms with van der Waals surface area (Å²) in [5, 5.41) is 0. The van der Waals surface area contributed by atoms with Crippen LogP contribution in [0.5, 0.6) is 0 Å². The summed E-state index contributed by atoms with van der Waals surface area (Å²) < 4.78 is 13.7. The fraction of sp³-hybridized carbons (Fsp3) is 0.350. The van der Waals surface area contributed by atoms with E-state index in [0.29, 0.717) is 6.54 Å². The van der Waals surface area contributed by atoms with Crippen LogP contribution in [0, 0.1) is 5.82 Å². The third-order valence-corrected chi connectivity index (χ3v) is 5.30. The zero-order chi connectivity index (χ0) is 16.7. The minimum absolute atomic E-state index is 0.0700. The Morgan fingerprint density at radius 2 is 1.96 bits per heavy atom. The number of rotatable bonds is 2. The van der Waals surface area contributed by atoms with Gasteiger partial charge in [0.1, 0.15) is 5.82 Å². The molecule has 2 unspecified atom stereocenters. The second-order valence-electron chi connectivity index (χ2n) is 6.75. The summed E-state index contributed by atoms with van der Waals surface area (Å²) in [4.78, 5) is 16.9. The highest BCUT2D eigenvalue weighted by molar-refractivity contribution is 5.97. The fourth-order valence-corrected chi connectivity index (χ4v) is 3.95. The molecule has 3 nitrogen and oxygen atoms in total. The van der Waals surface area contributed by atoms with Crippen molar-refractivity contribution >= 4 is 11.6 Å². The molecule has 0 N–H and O–H groups in total. The van der Waals surface area contributed by atoms with Crippen LogP contribution in [-0.4, -0.2) is 29.9 Å².